The fraction of sp³-hybridized carbons (Fsp3) is 0.421. The van der Waals surface area contributed by atoms with Gasteiger partial charge in [-0.3, -0.25) is 9.48 Å². The molecule has 2 aromatic heterocycles. The van der Waals surface area contributed by atoms with Crippen molar-refractivity contribution in [3.05, 3.63) is 47.4 Å². The van der Waals surface area contributed by atoms with Crippen molar-refractivity contribution in [3.8, 4) is 0 Å². The van der Waals surface area contributed by atoms with Gasteiger partial charge >= 0.3 is 6.18 Å². The molecule has 1 aromatic carbocycles. The average Bonchev–Trinajstić information content (AvgIpc) is 3.21. The number of nitrogens with zero attached hydrogens (tertiary/aromatic N) is 5. The van der Waals surface area contributed by atoms with Gasteiger partial charge in [-0.2, -0.15) is 18.3 Å². The SMILES string of the molecule is C[C@H]1CN(C(=O)c2c3cc(F)ccc3nn2C)Cc2cnc(C(C)(O)C(F)(F)F)n21. The van der Waals surface area contributed by atoms with Gasteiger partial charge in [0.1, 0.15) is 11.5 Å². The van der Waals surface area contributed by atoms with E-state index in [2.05, 4.69) is 10.1 Å². The molecule has 1 aliphatic heterocycles. The summed E-state index contributed by atoms with van der Waals surface area (Å²) in [4.78, 5) is 18.5. The van der Waals surface area contributed by atoms with Crippen molar-refractivity contribution < 1.29 is 27.5 Å². The van der Waals surface area contributed by atoms with Gasteiger partial charge in [-0.15, -0.1) is 0 Å². The molecular formula is C19H19F4N5O2. The average molecular weight is 425 g/mol. The quantitative estimate of drug-likeness (QED) is 0.641. The minimum absolute atomic E-state index is 0.00784. The van der Waals surface area contributed by atoms with Crippen molar-refractivity contribution in [2.24, 2.45) is 7.05 Å². The molecular weight excluding hydrogens is 406 g/mol. The lowest BCUT2D eigenvalue weighted by molar-refractivity contribution is -0.263. The summed E-state index contributed by atoms with van der Waals surface area (Å²) in [5, 5.41) is 14.6. The van der Waals surface area contributed by atoms with E-state index in [1.807, 2.05) is 0 Å². The lowest BCUT2D eigenvalue weighted by atomic mass is 10.0. The zero-order valence-corrected chi connectivity index (χ0v) is 16.4. The summed E-state index contributed by atoms with van der Waals surface area (Å²) in [6.45, 7) is 2.38. The highest BCUT2D eigenvalue weighted by molar-refractivity contribution is 6.05. The van der Waals surface area contributed by atoms with Crippen LogP contribution in [0.5, 0.6) is 0 Å². The van der Waals surface area contributed by atoms with Crippen LogP contribution >= 0.6 is 0 Å². The number of fused-ring (bicyclic) bond motifs is 2. The van der Waals surface area contributed by atoms with E-state index in [9.17, 15) is 27.5 Å². The monoisotopic (exact) mass is 425 g/mol. The number of amides is 1. The molecule has 11 heteroatoms. The second kappa shape index (κ2) is 6.53. The van der Waals surface area contributed by atoms with Gasteiger partial charge in [0, 0.05) is 19.0 Å². The largest absolute Gasteiger partial charge is 0.424 e. The van der Waals surface area contributed by atoms with E-state index in [1.165, 1.54) is 38.5 Å². The predicted molar refractivity (Wildman–Crippen MR) is 98.0 cm³/mol. The van der Waals surface area contributed by atoms with Gasteiger partial charge < -0.3 is 14.6 Å². The first-order valence-corrected chi connectivity index (χ1v) is 9.19. The molecule has 1 N–H and O–H groups in total. The number of imidazole rings is 1. The van der Waals surface area contributed by atoms with Crippen molar-refractivity contribution in [1.82, 2.24) is 24.2 Å². The second-order valence-corrected chi connectivity index (χ2v) is 7.68. The molecule has 0 radical (unpaired) electrons. The molecule has 1 unspecified atom stereocenters. The van der Waals surface area contributed by atoms with E-state index in [0.717, 1.165) is 0 Å². The van der Waals surface area contributed by atoms with Crippen LogP contribution in [0.25, 0.3) is 10.9 Å². The Morgan fingerprint density at radius 3 is 2.67 bits per heavy atom. The first kappa shape index (κ1) is 20.3. The summed E-state index contributed by atoms with van der Waals surface area (Å²) in [5.41, 5.74) is -2.12. The molecule has 2 atom stereocenters. The number of rotatable bonds is 2. The Hall–Kier alpha value is -2.95. The van der Waals surface area contributed by atoms with Gasteiger partial charge in [0.15, 0.2) is 5.82 Å². The third-order valence-electron chi connectivity index (χ3n) is 5.42. The number of aliphatic hydroxyl groups is 1. The van der Waals surface area contributed by atoms with Crippen molar-refractivity contribution in [2.75, 3.05) is 6.54 Å². The maximum atomic E-state index is 13.7. The lowest BCUT2D eigenvalue weighted by Crippen LogP contribution is -2.46. The molecule has 160 valence electrons. The van der Waals surface area contributed by atoms with Crippen molar-refractivity contribution in [1.29, 1.82) is 0 Å². The third kappa shape index (κ3) is 2.95. The van der Waals surface area contributed by atoms with E-state index in [-0.39, 0.29) is 18.8 Å². The molecule has 0 spiro atoms. The topological polar surface area (TPSA) is 76.2 Å². The number of benzene rings is 1. The highest BCUT2D eigenvalue weighted by Crippen LogP contribution is 2.40. The molecule has 4 rings (SSSR count). The lowest BCUT2D eigenvalue weighted by Gasteiger charge is -2.36. The summed E-state index contributed by atoms with van der Waals surface area (Å²) in [5.74, 6) is -1.44. The highest BCUT2D eigenvalue weighted by atomic mass is 19.4. The minimum atomic E-state index is -4.90. The first-order chi connectivity index (χ1) is 13.9. The Balaban J connectivity index is 1.71. The van der Waals surface area contributed by atoms with E-state index in [1.54, 1.807) is 14.0 Å². The molecule has 0 fully saturated rings. The summed E-state index contributed by atoms with van der Waals surface area (Å²) >= 11 is 0. The van der Waals surface area contributed by atoms with E-state index in [4.69, 9.17) is 0 Å². The molecule has 30 heavy (non-hydrogen) atoms. The van der Waals surface area contributed by atoms with Crippen LogP contribution in [0.1, 0.15) is 41.9 Å². The number of aromatic nitrogens is 4. The first-order valence-electron chi connectivity index (χ1n) is 9.19. The van der Waals surface area contributed by atoms with Crippen LogP contribution in [0.15, 0.2) is 24.4 Å². The van der Waals surface area contributed by atoms with Gasteiger partial charge in [-0.1, -0.05) is 0 Å². The van der Waals surface area contributed by atoms with Gasteiger partial charge in [-0.25, -0.2) is 9.37 Å². The number of carbonyl (C=O) groups is 1. The number of alkyl halides is 3. The molecule has 0 aliphatic carbocycles. The fourth-order valence-electron chi connectivity index (χ4n) is 3.88. The predicted octanol–water partition coefficient (Wildman–Crippen LogP) is 2.90. The molecule has 0 bridgehead atoms. The van der Waals surface area contributed by atoms with Crippen LogP contribution in [-0.4, -0.2) is 48.0 Å². The Labute approximate surface area is 168 Å². The Bertz CT molecular complexity index is 1150. The van der Waals surface area contributed by atoms with Crippen LogP contribution in [0.2, 0.25) is 0 Å². The maximum absolute atomic E-state index is 13.7. The van der Waals surface area contributed by atoms with Gasteiger partial charge in [0.2, 0.25) is 5.60 Å². The number of hydrogen-bond donors (Lipinski definition) is 1. The van der Waals surface area contributed by atoms with E-state index >= 15 is 0 Å². The summed E-state index contributed by atoms with van der Waals surface area (Å²) in [6, 6.07) is 3.38. The normalized spacial score (nSPS) is 19.1. The fourth-order valence-corrected chi connectivity index (χ4v) is 3.88. The number of carbonyl (C=O) groups excluding carboxylic acids is 1. The summed E-state index contributed by atoms with van der Waals surface area (Å²) in [7, 11) is 1.57. The Kier molecular flexibility index (Phi) is 4.42. The third-order valence-corrected chi connectivity index (χ3v) is 5.42. The molecule has 3 aromatic rings. The highest BCUT2D eigenvalue weighted by Gasteiger charge is 2.55. The maximum Gasteiger partial charge on any atom is 0.424 e. The molecule has 0 saturated heterocycles. The molecule has 3 heterocycles. The van der Waals surface area contributed by atoms with Crippen LogP contribution in [0, 0.1) is 5.82 Å². The summed E-state index contributed by atoms with van der Waals surface area (Å²) in [6.07, 6.45) is -3.67. The standard InChI is InChI=1S/C19H19F4N5O2/c1-10-8-27(9-12-7-24-17(28(10)12)18(2,30)19(21,22)23)16(29)15-13-6-11(20)4-5-14(13)25-26(15)3/h4-7,10,30H,8-9H2,1-3H3/t10-,18?/m0/s1. The zero-order valence-electron chi connectivity index (χ0n) is 16.4. The van der Waals surface area contributed by atoms with Crippen molar-refractivity contribution in [3.63, 3.8) is 0 Å². The number of halogens is 4. The Morgan fingerprint density at radius 2 is 2.00 bits per heavy atom. The van der Waals surface area contributed by atoms with Crippen LogP contribution in [-0.2, 0) is 19.2 Å². The van der Waals surface area contributed by atoms with Crippen molar-refractivity contribution >= 4 is 16.8 Å². The van der Waals surface area contributed by atoms with Gasteiger partial charge in [-0.05, 0) is 32.0 Å². The second-order valence-electron chi connectivity index (χ2n) is 7.68. The van der Waals surface area contributed by atoms with Gasteiger partial charge in [0.25, 0.3) is 5.91 Å². The van der Waals surface area contributed by atoms with E-state index in [0.29, 0.717) is 23.5 Å². The molecule has 7 nitrogen and oxygen atoms in total. The zero-order chi connectivity index (χ0) is 22.0. The molecule has 1 aliphatic rings. The number of aryl methyl sites for hydroxylation is 1. The van der Waals surface area contributed by atoms with E-state index < -0.39 is 35.4 Å². The van der Waals surface area contributed by atoms with Crippen LogP contribution in [0.4, 0.5) is 17.6 Å². The van der Waals surface area contributed by atoms with Crippen LogP contribution < -0.4 is 0 Å². The van der Waals surface area contributed by atoms with Crippen LogP contribution in [0.3, 0.4) is 0 Å². The Morgan fingerprint density at radius 1 is 1.30 bits per heavy atom. The minimum Gasteiger partial charge on any atom is -0.374 e. The molecule has 0 saturated carbocycles. The molecule has 1 amide bonds. The summed E-state index contributed by atoms with van der Waals surface area (Å²) < 4.78 is 56.3. The van der Waals surface area contributed by atoms with Crippen molar-refractivity contribution in [2.45, 2.75) is 38.2 Å². The number of hydrogen-bond acceptors (Lipinski definition) is 4. The smallest absolute Gasteiger partial charge is 0.374 e. The van der Waals surface area contributed by atoms with Gasteiger partial charge in [0.05, 0.1) is 30.0 Å².